The zero-order valence-electron chi connectivity index (χ0n) is 16.6. The first-order valence-corrected chi connectivity index (χ1v) is 8.96. The van der Waals surface area contributed by atoms with Crippen molar-refractivity contribution >= 4 is 29.9 Å². The second kappa shape index (κ2) is 10.6. The maximum absolute atomic E-state index is 12.6. The summed E-state index contributed by atoms with van der Waals surface area (Å²) >= 11 is 0. The highest BCUT2D eigenvalue weighted by Crippen LogP contribution is 2.27. The number of halogens is 1. The normalized spacial score (nSPS) is 11.3. The van der Waals surface area contributed by atoms with Crippen molar-refractivity contribution in [3.63, 3.8) is 0 Å². The van der Waals surface area contributed by atoms with E-state index in [9.17, 15) is 4.79 Å². The standard InChI is InChI=1S/C21H27N3O3.ClH/c1-5-26-21(25)19(24-17-8-6-15(7-9-17)20(22)23)16-10-14(4)11-18(12-16)27-13(2)3;/h6-13,19,24H,5H2,1-4H3,(H3,22,23);1H. The van der Waals surface area contributed by atoms with Crippen LogP contribution in [-0.2, 0) is 9.53 Å². The SMILES string of the molecule is CCOC(=O)C(Nc1ccc(C(=N)N)cc1)c1cc(C)cc(OC(C)C)c1.Cl. The van der Waals surface area contributed by atoms with Gasteiger partial charge in [0.25, 0.3) is 0 Å². The Morgan fingerprint density at radius 3 is 2.36 bits per heavy atom. The topological polar surface area (TPSA) is 97.4 Å². The third-order valence-electron chi connectivity index (χ3n) is 3.81. The minimum absolute atomic E-state index is 0. The molecule has 0 aromatic heterocycles. The average Bonchev–Trinajstić information content (AvgIpc) is 2.59. The monoisotopic (exact) mass is 405 g/mol. The number of hydrogen-bond donors (Lipinski definition) is 3. The molecule has 0 saturated heterocycles. The van der Waals surface area contributed by atoms with Crippen LogP contribution in [0.25, 0.3) is 0 Å². The smallest absolute Gasteiger partial charge is 0.333 e. The molecule has 0 aliphatic carbocycles. The molecule has 0 radical (unpaired) electrons. The lowest BCUT2D eigenvalue weighted by atomic mass is 10.0. The van der Waals surface area contributed by atoms with Crippen LogP contribution in [0.15, 0.2) is 42.5 Å². The number of hydrogen-bond acceptors (Lipinski definition) is 5. The van der Waals surface area contributed by atoms with Gasteiger partial charge in [-0.1, -0.05) is 6.07 Å². The van der Waals surface area contributed by atoms with E-state index in [0.29, 0.717) is 17.9 Å². The van der Waals surface area contributed by atoms with Gasteiger partial charge in [0.05, 0.1) is 12.7 Å². The van der Waals surface area contributed by atoms with Crippen LogP contribution in [0.1, 0.15) is 43.5 Å². The first-order valence-electron chi connectivity index (χ1n) is 8.96. The lowest BCUT2D eigenvalue weighted by molar-refractivity contribution is -0.144. The summed E-state index contributed by atoms with van der Waals surface area (Å²) in [7, 11) is 0. The molecule has 1 unspecified atom stereocenters. The summed E-state index contributed by atoms with van der Waals surface area (Å²) in [6.45, 7) is 7.95. The zero-order valence-corrected chi connectivity index (χ0v) is 17.4. The van der Waals surface area contributed by atoms with Crippen molar-refractivity contribution in [2.45, 2.75) is 39.8 Å². The molecule has 0 aliphatic heterocycles. The minimum Gasteiger partial charge on any atom is -0.491 e. The quantitative estimate of drug-likeness (QED) is 0.347. The molecule has 6 nitrogen and oxygen atoms in total. The van der Waals surface area contributed by atoms with Crippen molar-refractivity contribution in [2.75, 3.05) is 11.9 Å². The molecular formula is C21H28ClN3O3. The summed E-state index contributed by atoms with van der Waals surface area (Å²) in [5, 5.41) is 10.7. The van der Waals surface area contributed by atoms with E-state index in [2.05, 4.69) is 5.32 Å². The molecule has 0 heterocycles. The van der Waals surface area contributed by atoms with E-state index in [-0.39, 0.29) is 30.3 Å². The first-order chi connectivity index (χ1) is 12.8. The molecule has 1 atom stereocenters. The maximum atomic E-state index is 12.6. The molecule has 152 valence electrons. The van der Waals surface area contributed by atoms with Crippen LogP contribution in [0, 0.1) is 12.3 Å². The van der Waals surface area contributed by atoms with Gasteiger partial charge < -0.3 is 20.5 Å². The van der Waals surface area contributed by atoms with Crippen molar-refractivity contribution in [3.05, 3.63) is 59.2 Å². The van der Waals surface area contributed by atoms with Gasteiger partial charge >= 0.3 is 5.97 Å². The number of nitrogens with two attached hydrogens (primary N) is 1. The Morgan fingerprint density at radius 1 is 1.18 bits per heavy atom. The van der Waals surface area contributed by atoms with Gasteiger partial charge in [-0.15, -0.1) is 12.4 Å². The fourth-order valence-corrected chi connectivity index (χ4v) is 2.70. The summed E-state index contributed by atoms with van der Waals surface area (Å²) in [5.41, 5.74) is 8.60. The van der Waals surface area contributed by atoms with E-state index in [4.69, 9.17) is 20.6 Å². The molecule has 0 saturated carbocycles. The molecule has 0 fully saturated rings. The van der Waals surface area contributed by atoms with Crippen molar-refractivity contribution in [2.24, 2.45) is 5.73 Å². The van der Waals surface area contributed by atoms with Crippen LogP contribution in [0.2, 0.25) is 0 Å². The van der Waals surface area contributed by atoms with E-state index in [1.807, 2.05) is 39.0 Å². The fraction of sp³-hybridized carbons (Fsp3) is 0.333. The highest BCUT2D eigenvalue weighted by atomic mass is 35.5. The Kier molecular flexibility index (Phi) is 8.79. The molecule has 28 heavy (non-hydrogen) atoms. The van der Waals surface area contributed by atoms with E-state index < -0.39 is 6.04 Å². The third-order valence-corrected chi connectivity index (χ3v) is 3.81. The summed E-state index contributed by atoms with van der Waals surface area (Å²) in [5.74, 6) is 0.343. The van der Waals surface area contributed by atoms with Crippen LogP contribution in [0.5, 0.6) is 5.75 Å². The van der Waals surface area contributed by atoms with Crippen molar-refractivity contribution in [1.29, 1.82) is 5.41 Å². The van der Waals surface area contributed by atoms with E-state index >= 15 is 0 Å². The molecule has 4 N–H and O–H groups in total. The molecule has 7 heteroatoms. The zero-order chi connectivity index (χ0) is 20.0. The van der Waals surface area contributed by atoms with Gasteiger partial charge in [0.2, 0.25) is 0 Å². The number of carbonyl (C=O) groups is 1. The van der Waals surface area contributed by atoms with Crippen molar-refractivity contribution < 1.29 is 14.3 Å². The molecule has 0 amide bonds. The predicted octanol–water partition coefficient (Wildman–Crippen LogP) is 4.20. The highest BCUT2D eigenvalue weighted by Gasteiger charge is 2.23. The number of esters is 1. The maximum Gasteiger partial charge on any atom is 0.333 e. The van der Waals surface area contributed by atoms with Gasteiger partial charge in [0.15, 0.2) is 6.04 Å². The molecule has 0 aliphatic rings. The fourth-order valence-electron chi connectivity index (χ4n) is 2.70. The number of amidine groups is 1. The summed E-state index contributed by atoms with van der Waals surface area (Å²) in [6, 6.07) is 12.1. The second-order valence-corrected chi connectivity index (χ2v) is 6.57. The van der Waals surface area contributed by atoms with Crippen molar-refractivity contribution in [3.8, 4) is 5.75 Å². The van der Waals surface area contributed by atoms with Gasteiger partial charge in [0, 0.05) is 11.3 Å². The second-order valence-electron chi connectivity index (χ2n) is 6.57. The Labute approximate surface area is 172 Å². The number of carbonyl (C=O) groups excluding carboxylic acids is 1. The summed E-state index contributed by atoms with van der Waals surface area (Å²) in [4.78, 5) is 12.6. The van der Waals surface area contributed by atoms with Crippen LogP contribution in [0.4, 0.5) is 5.69 Å². The Bertz CT molecular complexity index is 807. The van der Waals surface area contributed by atoms with Gasteiger partial charge in [0.1, 0.15) is 11.6 Å². The van der Waals surface area contributed by atoms with Crippen molar-refractivity contribution in [1.82, 2.24) is 0 Å². The first kappa shape index (κ1) is 23.3. The van der Waals surface area contributed by atoms with Gasteiger partial charge in [-0.25, -0.2) is 4.79 Å². The summed E-state index contributed by atoms with van der Waals surface area (Å²) in [6.07, 6.45) is 0.0350. The van der Waals surface area contributed by atoms with Crippen LogP contribution < -0.4 is 15.8 Å². The van der Waals surface area contributed by atoms with E-state index in [0.717, 1.165) is 16.8 Å². The largest absolute Gasteiger partial charge is 0.491 e. The molecular weight excluding hydrogens is 378 g/mol. The lowest BCUT2D eigenvalue weighted by Crippen LogP contribution is -2.24. The summed E-state index contributed by atoms with van der Waals surface area (Å²) < 4.78 is 11.1. The number of aryl methyl sites for hydroxylation is 1. The number of anilines is 1. The van der Waals surface area contributed by atoms with Crippen LogP contribution in [0.3, 0.4) is 0 Å². The Hall–Kier alpha value is -2.73. The Balaban J connectivity index is 0.00000392. The van der Waals surface area contributed by atoms with E-state index in [1.54, 1.807) is 31.2 Å². The molecule has 2 aromatic rings. The molecule has 0 spiro atoms. The number of nitrogen functional groups attached to an aromatic ring is 1. The molecule has 0 bridgehead atoms. The molecule has 2 rings (SSSR count). The van der Waals surface area contributed by atoms with E-state index in [1.165, 1.54) is 0 Å². The number of nitrogens with one attached hydrogen (secondary N) is 2. The van der Waals surface area contributed by atoms with Crippen LogP contribution >= 0.6 is 12.4 Å². The number of ether oxygens (including phenoxy) is 2. The highest BCUT2D eigenvalue weighted by molar-refractivity contribution is 5.95. The lowest BCUT2D eigenvalue weighted by Gasteiger charge is -2.21. The number of benzene rings is 2. The van der Waals surface area contributed by atoms with Gasteiger partial charge in [-0.2, -0.15) is 0 Å². The average molecular weight is 406 g/mol. The minimum atomic E-state index is -0.678. The predicted molar refractivity (Wildman–Crippen MR) is 115 cm³/mol. The third kappa shape index (κ3) is 6.46. The Morgan fingerprint density at radius 2 is 1.82 bits per heavy atom. The van der Waals surface area contributed by atoms with Crippen LogP contribution in [-0.4, -0.2) is 24.5 Å². The number of rotatable bonds is 8. The van der Waals surface area contributed by atoms with Gasteiger partial charge in [-0.3, -0.25) is 5.41 Å². The van der Waals surface area contributed by atoms with Gasteiger partial charge in [-0.05, 0) is 75.2 Å². The molecule has 2 aromatic carbocycles.